The highest BCUT2D eigenvalue weighted by Crippen LogP contribution is 2.24. The largest absolute Gasteiger partial charge is 0.494 e. The van der Waals surface area contributed by atoms with E-state index >= 15 is 0 Å². The first kappa shape index (κ1) is 42.7. The average Bonchev–Trinajstić information content (AvgIpc) is 3.47. The highest BCUT2D eigenvalue weighted by molar-refractivity contribution is 8.76. The molecule has 1 aromatic rings. The molecule has 0 saturated carbocycles. The molecule has 4 N–H and O–H groups in total. The Balaban J connectivity index is 0.000000801. The highest BCUT2D eigenvalue weighted by atomic mass is 33.1. The minimum absolute atomic E-state index is 0.0178. The van der Waals surface area contributed by atoms with E-state index in [4.69, 9.17) is 8.89 Å². The molecule has 1 heterocycles. The molecule has 0 aliphatic carbocycles. The molecule has 0 radical (unpaired) electrons. The second kappa shape index (κ2) is 30.9. The zero-order valence-electron chi connectivity index (χ0n) is 33.5. The van der Waals surface area contributed by atoms with Crippen molar-refractivity contribution in [1.29, 1.82) is 0 Å². The Bertz CT molecular complexity index is 1410. The van der Waals surface area contributed by atoms with E-state index < -0.39 is 0 Å². The molecule has 52 heavy (non-hydrogen) atoms. The van der Waals surface area contributed by atoms with Crippen molar-refractivity contribution in [2.75, 3.05) is 58.1 Å². The van der Waals surface area contributed by atoms with Gasteiger partial charge in [-0.1, -0.05) is 28.0 Å². The maximum atomic E-state index is 11.8. The van der Waals surface area contributed by atoms with Gasteiger partial charge in [0, 0.05) is 64.2 Å². The molecule has 1 aromatic carbocycles. The number of benzene rings is 1. The average molecular weight is 785 g/mol. The van der Waals surface area contributed by atoms with Crippen LogP contribution < -0.4 is 21.2 Å². The molecule has 1 saturated heterocycles. The number of aliphatic imine (C=N–C) groups is 2. The van der Waals surface area contributed by atoms with Crippen molar-refractivity contribution in [3.05, 3.63) is 29.8 Å². The zero-order chi connectivity index (χ0) is 41.3. The maximum absolute atomic E-state index is 11.8. The van der Waals surface area contributed by atoms with E-state index in [0.717, 1.165) is 61.2 Å². The van der Waals surface area contributed by atoms with Gasteiger partial charge in [0.25, 0.3) is 0 Å². The van der Waals surface area contributed by atoms with Crippen molar-refractivity contribution < 1.29 is 37.7 Å². The lowest BCUT2D eigenvalue weighted by molar-refractivity contribution is -0.138. The third-order valence-corrected chi connectivity index (χ3v) is 10.5. The molecular formula is C35H55N7O7S3. The van der Waals surface area contributed by atoms with Gasteiger partial charge in [0.05, 0.1) is 33.4 Å². The van der Waals surface area contributed by atoms with Gasteiger partial charge in [-0.25, -0.2) is 0 Å². The number of Topliss-reactive ketones (excluding diaryl/α,β-unsaturated/α-hetero) is 2. The van der Waals surface area contributed by atoms with Crippen LogP contribution in [0.25, 0.3) is 0 Å². The van der Waals surface area contributed by atoms with Gasteiger partial charge < -0.3 is 21.2 Å². The second-order valence-corrected chi connectivity index (χ2v) is 14.8. The Hall–Kier alpha value is -3.70. The second-order valence-electron chi connectivity index (χ2n) is 11.0. The molecule has 290 valence electrons. The van der Waals surface area contributed by atoms with Crippen LogP contribution in [0.5, 0.6) is 5.75 Å². The van der Waals surface area contributed by atoms with Gasteiger partial charge in [0.1, 0.15) is 5.75 Å². The van der Waals surface area contributed by atoms with Crippen LogP contribution in [0.3, 0.4) is 0 Å². The summed E-state index contributed by atoms with van der Waals surface area (Å²) < 4.78 is 25.6. The Morgan fingerprint density at radius 3 is 2.12 bits per heavy atom. The number of rotatable bonds is 25. The fraction of sp³-hybridized carbons (Fsp3) is 0.571. The summed E-state index contributed by atoms with van der Waals surface area (Å²) in [5.74, 6) is 4.20. The van der Waals surface area contributed by atoms with Crippen LogP contribution in [-0.4, -0.2) is 123 Å². The molecule has 1 atom stereocenters. The summed E-state index contributed by atoms with van der Waals surface area (Å²) in [6.45, 7) is 4.73. The number of ether oxygens (including phenoxy) is 1. The molecular weight excluding hydrogens is 727 g/mol. The van der Waals surface area contributed by atoms with Crippen molar-refractivity contribution >= 4 is 87.6 Å². The maximum Gasteiger partial charge on any atom is 0.242 e. The van der Waals surface area contributed by atoms with Crippen LogP contribution in [-0.2, 0) is 28.8 Å². The van der Waals surface area contributed by atoms with E-state index in [2.05, 4.69) is 25.7 Å². The molecule has 1 aliphatic heterocycles. The number of carbonyl (C=O) groups is 6. The molecule has 2 rings (SSSR count). The first-order valence-corrected chi connectivity index (χ1v) is 20.5. The summed E-state index contributed by atoms with van der Waals surface area (Å²) in [4.78, 5) is 76.2. The van der Waals surface area contributed by atoms with Gasteiger partial charge in [-0.05, 0) is 75.7 Å². The van der Waals surface area contributed by atoms with Crippen molar-refractivity contribution in [2.45, 2.75) is 70.0 Å². The molecule has 1 aliphatic rings. The predicted octanol–water partition coefficient (Wildman–Crippen LogP) is 3.75. The fourth-order valence-electron chi connectivity index (χ4n) is 4.14. The third-order valence-electron chi connectivity index (χ3n) is 7.13. The van der Waals surface area contributed by atoms with Gasteiger partial charge >= 0.3 is 0 Å². The molecule has 14 nitrogen and oxygen atoms in total. The number of carbonyl (C=O) groups excluding carboxylic acids is 6. The van der Waals surface area contributed by atoms with Crippen LogP contribution >= 0.6 is 33.3 Å². The third kappa shape index (κ3) is 23.0. The SMILES string of the molecule is [2H]C=NCC(=O)CCCCCN1C(=O)CC(SC)C1=O.[2H]C=NCC(=O)CCSSCCC(=O)NC.[2H]N/N=C(\C)c1ccc(OCCCC(=O)NC)cc1. The lowest BCUT2D eigenvalue weighted by Crippen LogP contribution is -2.32. The van der Waals surface area contributed by atoms with Gasteiger partial charge in [-0.15, -0.1) is 0 Å². The number of thioether (sulfide) groups is 1. The first-order chi connectivity index (χ1) is 26.5. The van der Waals surface area contributed by atoms with E-state index in [1.165, 1.54) is 16.7 Å². The monoisotopic (exact) mass is 784 g/mol. The van der Waals surface area contributed by atoms with Crippen LogP contribution in [0.4, 0.5) is 0 Å². The number of nitrogens with two attached hydrogens (primary N) is 1. The van der Waals surface area contributed by atoms with Gasteiger partial charge in [0.2, 0.25) is 23.6 Å². The normalized spacial score (nSPS) is 14.8. The van der Waals surface area contributed by atoms with Crippen LogP contribution in [0.2, 0.25) is 1.41 Å². The molecule has 0 spiro atoms. The van der Waals surface area contributed by atoms with Crippen LogP contribution in [0.15, 0.2) is 39.4 Å². The number of nitrogens with zero attached hydrogens (tertiary/aromatic N) is 4. The number of imide groups is 1. The number of likely N-dealkylation sites (tertiary alicyclic amines) is 1. The van der Waals surface area contributed by atoms with E-state index in [-0.39, 0.29) is 53.5 Å². The van der Waals surface area contributed by atoms with Crippen molar-refractivity contribution in [3.8, 4) is 5.75 Å². The first-order valence-electron chi connectivity index (χ1n) is 18.4. The van der Waals surface area contributed by atoms with E-state index in [1.807, 2.05) is 43.3 Å². The van der Waals surface area contributed by atoms with Crippen molar-refractivity contribution in [1.82, 2.24) is 15.5 Å². The van der Waals surface area contributed by atoms with E-state index in [1.54, 1.807) is 35.7 Å². The molecule has 1 unspecified atom stereocenters. The summed E-state index contributed by atoms with van der Waals surface area (Å²) in [5, 5.41) is 8.68. The molecule has 17 heteroatoms. The van der Waals surface area contributed by atoms with Crippen molar-refractivity contribution in [2.24, 2.45) is 20.9 Å². The van der Waals surface area contributed by atoms with Gasteiger partial charge in [0.15, 0.2) is 13.0 Å². The van der Waals surface area contributed by atoms with Crippen molar-refractivity contribution in [3.63, 3.8) is 0 Å². The topological polar surface area (TPSA) is 202 Å². The summed E-state index contributed by atoms with van der Waals surface area (Å²) in [6, 6.07) is 7.45. The van der Waals surface area contributed by atoms with Gasteiger partial charge in [-0.3, -0.25) is 43.7 Å². The Morgan fingerprint density at radius 2 is 1.54 bits per heavy atom. The van der Waals surface area contributed by atoms with Gasteiger partial charge in [-0.2, -0.15) is 16.9 Å². The minimum Gasteiger partial charge on any atom is -0.494 e. The summed E-state index contributed by atoms with van der Waals surface area (Å²) in [6.07, 6.45) is 6.97. The highest BCUT2D eigenvalue weighted by Gasteiger charge is 2.37. The van der Waals surface area contributed by atoms with Crippen LogP contribution in [0, 0.1) is 0 Å². The lowest BCUT2D eigenvalue weighted by atomic mass is 10.1. The summed E-state index contributed by atoms with van der Waals surface area (Å²) in [5.41, 5.74) is 1.67. The number of hydrogen-bond donors (Lipinski definition) is 3. The minimum atomic E-state index is -0.216. The Morgan fingerprint density at radius 1 is 0.923 bits per heavy atom. The molecule has 1 fully saturated rings. The number of hydrogen-bond acceptors (Lipinski definition) is 14. The number of nitrogens with one attached hydrogen (secondary N) is 2. The number of amides is 4. The quantitative estimate of drug-likeness (QED) is 0.0326. The molecule has 0 aromatic heterocycles. The zero-order valence-corrected chi connectivity index (χ0v) is 33.0. The predicted molar refractivity (Wildman–Crippen MR) is 216 cm³/mol. The number of unbranched alkanes of at least 4 members (excludes halogenated alkanes) is 2. The molecule has 0 bridgehead atoms. The standard InChI is InChI=1S/C13H19N3O2.C13H20N2O3S.C9H16N2O2S2/c1-10(16-14)11-5-7-12(8-6-11)18-9-3-4-13(17)15-2;1-14-9-10(16)6-4-3-5-7-15-12(17)8-11(19-2)13(15)18;1-10-7-8(12)3-5-14-15-6-4-9(13)11-2/h5-8H,3-4,9,14H2,1-2H3,(H,15,17);11H,1,3-9H2,2H3;1,3-7H2,2H3,(H,11,13)/b16-10+;;/i;2*1D/hD. The molecule has 4 amide bonds. The van der Waals surface area contributed by atoms with E-state index in [9.17, 15) is 28.8 Å². The Labute approximate surface area is 324 Å². The number of hydrazone groups is 1. The lowest BCUT2D eigenvalue weighted by Gasteiger charge is -2.14. The fourth-order valence-corrected chi connectivity index (χ4v) is 6.80. The van der Waals surface area contributed by atoms with Crippen LogP contribution in [0.1, 0.15) is 73.0 Å². The summed E-state index contributed by atoms with van der Waals surface area (Å²) in [7, 11) is 6.41. The smallest absolute Gasteiger partial charge is 0.242 e. The van der Waals surface area contributed by atoms with E-state index in [0.29, 0.717) is 51.7 Å². The summed E-state index contributed by atoms with van der Waals surface area (Å²) >= 11 is 1.42. The Kier molecular flexibility index (Phi) is 25.4. The number of ketones is 2.